The van der Waals surface area contributed by atoms with Gasteiger partial charge in [0.15, 0.2) is 0 Å². The van der Waals surface area contributed by atoms with E-state index >= 15 is 0 Å². The summed E-state index contributed by atoms with van der Waals surface area (Å²) in [6.07, 6.45) is 0.0885. The lowest BCUT2D eigenvalue weighted by atomic mass is 10.1. The van der Waals surface area contributed by atoms with Crippen molar-refractivity contribution in [3.63, 3.8) is 0 Å². The molecule has 15 heavy (non-hydrogen) atoms. The third-order valence-electron chi connectivity index (χ3n) is 2.39. The maximum atomic E-state index is 5.82. The lowest BCUT2D eigenvalue weighted by Gasteiger charge is -2.21. The molecule has 1 aromatic carbocycles. The van der Waals surface area contributed by atoms with Crippen molar-refractivity contribution >= 4 is 15.9 Å². The Hall–Kier alpha value is -0.540. The van der Waals surface area contributed by atoms with E-state index in [0.717, 1.165) is 10.2 Å². The largest absolute Gasteiger partial charge is 0.489 e. The molecule has 0 heterocycles. The zero-order chi connectivity index (χ0) is 11.4. The van der Waals surface area contributed by atoms with Crippen molar-refractivity contribution in [3.8, 4) is 5.75 Å². The van der Waals surface area contributed by atoms with Gasteiger partial charge >= 0.3 is 0 Å². The Kier molecular flexibility index (Phi) is 4.61. The number of ether oxygens (including phenoxy) is 1. The second-order valence-corrected chi connectivity index (χ2v) is 4.90. The molecule has 2 nitrogen and oxygen atoms in total. The molecule has 2 N–H and O–H groups in total. The fourth-order valence-corrected chi connectivity index (χ4v) is 1.57. The lowest BCUT2D eigenvalue weighted by molar-refractivity contribution is 0.159. The first-order valence-corrected chi connectivity index (χ1v) is 5.96. The Balaban J connectivity index is 2.75. The molecule has 1 unspecified atom stereocenters. The fraction of sp³-hybridized carbons (Fsp3) is 0.500. The van der Waals surface area contributed by atoms with E-state index in [4.69, 9.17) is 10.5 Å². The third kappa shape index (κ3) is 3.50. The Morgan fingerprint density at radius 2 is 2.07 bits per heavy atom. The molecule has 1 aromatic rings. The van der Waals surface area contributed by atoms with Crippen LogP contribution in [0.15, 0.2) is 22.7 Å². The summed E-state index contributed by atoms with van der Waals surface area (Å²) >= 11 is 3.46. The van der Waals surface area contributed by atoms with Crippen LogP contribution >= 0.6 is 15.9 Å². The molecule has 0 aliphatic heterocycles. The predicted octanol–water partition coefficient (Wildman–Crippen LogP) is 3.12. The van der Waals surface area contributed by atoms with Gasteiger partial charge in [0, 0.05) is 11.0 Å². The highest BCUT2D eigenvalue weighted by atomic mass is 79.9. The van der Waals surface area contributed by atoms with Crippen LogP contribution in [0.25, 0.3) is 0 Å². The van der Waals surface area contributed by atoms with Gasteiger partial charge in [0.25, 0.3) is 0 Å². The van der Waals surface area contributed by atoms with Crippen LogP contribution in [0.3, 0.4) is 0 Å². The summed E-state index contributed by atoms with van der Waals surface area (Å²) in [6, 6.07) is 5.98. The molecule has 1 atom stereocenters. The highest BCUT2D eigenvalue weighted by molar-refractivity contribution is 9.10. The number of hydrogen-bond donors (Lipinski definition) is 1. The van der Waals surface area contributed by atoms with E-state index in [-0.39, 0.29) is 6.10 Å². The van der Waals surface area contributed by atoms with E-state index in [1.54, 1.807) is 0 Å². The normalized spacial score (nSPS) is 12.9. The Labute approximate surface area is 99.9 Å². The minimum atomic E-state index is 0.0885. The summed E-state index contributed by atoms with van der Waals surface area (Å²) in [6.45, 7) is 6.82. The molecule has 0 bridgehead atoms. The van der Waals surface area contributed by atoms with Crippen molar-refractivity contribution < 1.29 is 4.74 Å². The van der Waals surface area contributed by atoms with Crippen molar-refractivity contribution in [2.75, 3.05) is 6.54 Å². The van der Waals surface area contributed by atoms with Crippen LogP contribution in [-0.2, 0) is 0 Å². The Morgan fingerprint density at radius 3 is 2.53 bits per heavy atom. The average molecular weight is 272 g/mol. The van der Waals surface area contributed by atoms with Crippen molar-refractivity contribution in [2.24, 2.45) is 11.7 Å². The quantitative estimate of drug-likeness (QED) is 0.914. The highest BCUT2D eigenvalue weighted by Crippen LogP contribution is 2.23. The molecule has 0 aromatic heterocycles. The summed E-state index contributed by atoms with van der Waals surface area (Å²) < 4.78 is 6.92. The van der Waals surface area contributed by atoms with Gasteiger partial charge in [-0.1, -0.05) is 29.8 Å². The van der Waals surface area contributed by atoms with Gasteiger partial charge in [0.2, 0.25) is 0 Å². The molecular weight excluding hydrogens is 254 g/mol. The molecule has 0 saturated carbocycles. The van der Waals surface area contributed by atoms with E-state index in [9.17, 15) is 0 Å². The first-order chi connectivity index (χ1) is 7.04. The molecular formula is C12H18BrNO. The van der Waals surface area contributed by atoms with Crippen LogP contribution in [0.2, 0.25) is 0 Å². The van der Waals surface area contributed by atoms with Gasteiger partial charge in [-0.05, 0) is 36.6 Å². The summed E-state index contributed by atoms with van der Waals surface area (Å²) in [7, 11) is 0. The predicted molar refractivity (Wildman–Crippen MR) is 67.2 cm³/mol. The zero-order valence-electron chi connectivity index (χ0n) is 9.46. The Bertz CT molecular complexity index is 325. The molecule has 0 spiro atoms. The van der Waals surface area contributed by atoms with Crippen LogP contribution in [0, 0.1) is 12.8 Å². The van der Waals surface area contributed by atoms with Crippen molar-refractivity contribution in [3.05, 3.63) is 28.2 Å². The SMILES string of the molecule is Cc1cc(OC(CN)C(C)C)ccc1Br. The van der Waals surface area contributed by atoms with Gasteiger partial charge in [-0.2, -0.15) is 0 Å². The van der Waals surface area contributed by atoms with Crippen molar-refractivity contribution in [2.45, 2.75) is 26.9 Å². The van der Waals surface area contributed by atoms with E-state index < -0.39 is 0 Å². The number of benzene rings is 1. The number of aryl methyl sites for hydroxylation is 1. The molecule has 0 amide bonds. The van der Waals surface area contributed by atoms with Gasteiger partial charge in [0.05, 0.1) is 0 Å². The molecule has 0 aliphatic carbocycles. The van der Waals surface area contributed by atoms with E-state index in [2.05, 4.69) is 29.8 Å². The molecule has 0 saturated heterocycles. The summed E-state index contributed by atoms with van der Waals surface area (Å²) in [5.41, 5.74) is 6.83. The van der Waals surface area contributed by atoms with E-state index in [1.807, 2.05) is 25.1 Å². The molecule has 3 heteroatoms. The van der Waals surface area contributed by atoms with Crippen LogP contribution < -0.4 is 10.5 Å². The maximum absolute atomic E-state index is 5.82. The molecule has 84 valence electrons. The van der Waals surface area contributed by atoms with Crippen molar-refractivity contribution in [1.29, 1.82) is 0 Å². The van der Waals surface area contributed by atoms with E-state index in [0.29, 0.717) is 12.5 Å². The number of nitrogens with two attached hydrogens (primary N) is 1. The number of halogens is 1. The van der Waals surface area contributed by atoms with Gasteiger partial charge in [-0.3, -0.25) is 0 Å². The average Bonchev–Trinajstić information content (AvgIpc) is 2.19. The number of hydrogen-bond acceptors (Lipinski definition) is 2. The minimum Gasteiger partial charge on any atom is -0.489 e. The van der Waals surface area contributed by atoms with Gasteiger partial charge in [0.1, 0.15) is 11.9 Å². The summed E-state index contributed by atoms with van der Waals surface area (Å²) in [4.78, 5) is 0. The Morgan fingerprint density at radius 1 is 1.40 bits per heavy atom. The molecule has 0 fully saturated rings. The molecule has 1 rings (SSSR count). The molecule has 0 aliphatic rings. The van der Waals surface area contributed by atoms with Crippen LogP contribution in [0.1, 0.15) is 19.4 Å². The smallest absolute Gasteiger partial charge is 0.120 e. The lowest BCUT2D eigenvalue weighted by Crippen LogP contribution is -2.31. The zero-order valence-corrected chi connectivity index (χ0v) is 11.0. The van der Waals surface area contributed by atoms with Gasteiger partial charge < -0.3 is 10.5 Å². The van der Waals surface area contributed by atoms with Crippen molar-refractivity contribution in [1.82, 2.24) is 0 Å². The first kappa shape index (κ1) is 12.5. The fourth-order valence-electron chi connectivity index (χ4n) is 1.32. The standard InChI is InChI=1S/C12H18BrNO/c1-8(2)12(7-14)15-10-4-5-11(13)9(3)6-10/h4-6,8,12H,7,14H2,1-3H3. The highest BCUT2D eigenvalue weighted by Gasteiger charge is 2.13. The third-order valence-corrected chi connectivity index (χ3v) is 3.28. The van der Waals surface area contributed by atoms with E-state index in [1.165, 1.54) is 5.56 Å². The first-order valence-electron chi connectivity index (χ1n) is 5.17. The second kappa shape index (κ2) is 5.52. The van der Waals surface area contributed by atoms with Crippen LogP contribution in [0.5, 0.6) is 5.75 Å². The maximum Gasteiger partial charge on any atom is 0.120 e. The topological polar surface area (TPSA) is 35.2 Å². The van der Waals surface area contributed by atoms with Gasteiger partial charge in [-0.25, -0.2) is 0 Å². The van der Waals surface area contributed by atoms with Crippen LogP contribution in [-0.4, -0.2) is 12.6 Å². The van der Waals surface area contributed by atoms with Gasteiger partial charge in [-0.15, -0.1) is 0 Å². The summed E-state index contributed by atoms with van der Waals surface area (Å²) in [5, 5.41) is 0. The molecule has 0 radical (unpaired) electrons. The monoisotopic (exact) mass is 271 g/mol. The summed E-state index contributed by atoms with van der Waals surface area (Å²) in [5.74, 6) is 1.32. The number of rotatable bonds is 4. The van der Waals surface area contributed by atoms with Crippen LogP contribution in [0.4, 0.5) is 0 Å². The minimum absolute atomic E-state index is 0.0885. The second-order valence-electron chi connectivity index (χ2n) is 4.05.